The molecule has 4 saturated carbocycles. The molecular formula is C21H21NO5S. The Labute approximate surface area is 166 Å². The van der Waals surface area contributed by atoms with E-state index in [1.165, 1.54) is 42.7 Å². The number of nitro benzene ring substituents is 1. The van der Waals surface area contributed by atoms with Crippen LogP contribution in [-0.2, 0) is 9.53 Å². The number of ether oxygens (including phenoxy) is 1. The minimum Gasteiger partial charge on any atom is -0.453 e. The Balaban J connectivity index is 1.28. The topological polar surface area (TPSA) is 86.5 Å². The van der Waals surface area contributed by atoms with Crippen molar-refractivity contribution in [2.45, 2.75) is 38.5 Å². The van der Waals surface area contributed by atoms with E-state index in [0.29, 0.717) is 28.0 Å². The molecule has 0 amide bonds. The van der Waals surface area contributed by atoms with Crippen molar-refractivity contribution in [1.29, 1.82) is 0 Å². The summed E-state index contributed by atoms with van der Waals surface area (Å²) in [6.45, 7) is -0.167. The van der Waals surface area contributed by atoms with Gasteiger partial charge in [0.1, 0.15) is 4.88 Å². The van der Waals surface area contributed by atoms with Crippen molar-refractivity contribution in [1.82, 2.24) is 0 Å². The van der Waals surface area contributed by atoms with Crippen LogP contribution in [0.25, 0.3) is 10.1 Å². The molecule has 4 aliphatic carbocycles. The number of non-ortho nitro benzene ring substituents is 1. The number of nitro groups is 1. The van der Waals surface area contributed by atoms with E-state index in [1.54, 1.807) is 12.1 Å². The summed E-state index contributed by atoms with van der Waals surface area (Å²) in [6, 6.07) is 6.10. The molecule has 0 saturated heterocycles. The van der Waals surface area contributed by atoms with E-state index >= 15 is 0 Å². The number of hydrogen-bond acceptors (Lipinski definition) is 6. The number of hydrogen-bond donors (Lipinski definition) is 0. The van der Waals surface area contributed by atoms with Gasteiger partial charge in [0.2, 0.25) is 0 Å². The fourth-order valence-electron chi connectivity index (χ4n) is 6.05. The molecule has 1 aromatic heterocycles. The number of fused-ring (bicyclic) bond motifs is 1. The highest BCUT2D eigenvalue weighted by atomic mass is 32.1. The lowest BCUT2D eigenvalue weighted by molar-refractivity contribution is -0.384. The van der Waals surface area contributed by atoms with Crippen molar-refractivity contribution in [3.8, 4) is 0 Å². The van der Waals surface area contributed by atoms with Gasteiger partial charge in [0.25, 0.3) is 5.69 Å². The first-order chi connectivity index (χ1) is 13.4. The van der Waals surface area contributed by atoms with Crippen molar-refractivity contribution < 1.29 is 19.2 Å². The number of esters is 1. The molecular weight excluding hydrogens is 378 g/mol. The van der Waals surface area contributed by atoms with Crippen LogP contribution in [0, 0.1) is 33.3 Å². The van der Waals surface area contributed by atoms with E-state index in [1.807, 2.05) is 0 Å². The highest BCUT2D eigenvalue weighted by Crippen LogP contribution is 2.60. The first-order valence-electron chi connectivity index (χ1n) is 9.80. The summed E-state index contributed by atoms with van der Waals surface area (Å²) in [5.74, 6) is 1.57. The first-order valence-corrected chi connectivity index (χ1v) is 10.6. The van der Waals surface area contributed by atoms with E-state index in [0.717, 1.165) is 24.0 Å². The van der Waals surface area contributed by atoms with Gasteiger partial charge in [-0.3, -0.25) is 14.9 Å². The number of carbonyl (C=O) groups excluding carboxylic acids is 2. The summed E-state index contributed by atoms with van der Waals surface area (Å²) in [5.41, 5.74) is -0.280. The number of rotatable bonds is 5. The summed E-state index contributed by atoms with van der Waals surface area (Å²) < 4.78 is 6.16. The molecule has 0 unspecified atom stereocenters. The van der Waals surface area contributed by atoms with Crippen LogP contribution in [0.4, 0.5) is 5.69 Å². The minimum absolute atomic E-state index is 0.0118. The number of carbonyl (C=O) groups is 2. The highest BCUT2D eigenvalue weighted by molar-refractivity contribution is 7.20. The maximum absolute atomic E-state index is 13.0. The normalized spacial score (nSPS) is 30.5. The van der Waals surface area contributed by atoms with Gasteiger partial charge in [-0.05, 0) is 68.4 Å². The first kappa shape index (κ1) is 17.8. The molecule has 7 heteroatoms. The second-order valence-corrected chi connectivity index (χ2v) is 9.87. The van der Waals surface area contributed by atoms with Gasteiger partial charge >= 0.3 is 5.97 Å². The Morgan fingerprint density at radius 2 is 1.75 bits per heavy atom. The second-order valence-electron chi connectivity index (χ2n) is 8.79. The van der Waals surface area contributed by atoms with Crippen LogP contribution in [0.2, 0.25) is 0 Å². The Bertz CT molecular complexity index is 959. The van der Waals surface area contributed by atoms with E-state index in [-0.39, 0.29) is 23.5 Å². The van der Waals surface area contributed by atoms with Crippen LogP contribution >= 0.6 is 11.3 Å². The average molecular weight is 399 g/mol. The Kier molecular flexibility index (Phi) is 4.05. The van der Waals surface area contributed by atoms with Crippen molar-refractivity contribution in [3.63, 3.8) is 0 Å². The average Bonchev–Trinajstić information content (AvgIpc) is 3.08. The van der Waals surface area contributed by atoms with Crippen LogP contribution in [-0.4, -0.2) is 23.3 Å². The minimum atomic E-state index is -0.526. The van der Waals surface area contributed by atoms with Crippen LogP contribution in [0.3, 0.4) is 0 Å². The zero-order chi connectivity index (χ0) is 19.5. The molecule has 4 bridgehead atoms. The van der Waals surface area contributed by atoms with Gasteiger partial charge in [-0.15, -0.1) is 11.3 Å². The third kappa shape index (κ3) is 2.92. The van der Waals surface area contributed by atoms with Crippen LogP contribution in [0.15, 0.2) is 24.3 Å². The number of thiophene rings is 1. The van der Waals surface area contributed by atoms with Gasteiger partial charge in [-0.1, -0.05) is 0 Å². The van der Waals surface area contributed by atoms with Crippen molar-refractivity contribution in [2.24, 2.45) is 23.2 Å². The summed E-state index contributed by atoms with van der Waals surface area (Å²) in [4.78, 5) is 36.3. The lowest BCUT2D eigenvalue weighted by Crippen LogP contribution is -2.51. The fourth-order valence-corrected chi connectivity index (χ4v) is 6.99. The molecule has 146 valence electrons. The maximum atomic E-state index is 13.0. The van der Waals surface area contributed by atoms with E-state index < -0.39 is 10.9 Å². The smallest absolute Gasteiger partial charge is 0.348 e. The molecule has 4 fully saturated rings. The molecule has 2 aromatic rings. The number of Topliss-reactive ketones (excluding diaryl/α,β-unsaturated/α-hetero) is 1. The van der Waals surface area contributed by atoms with Gasteiger partial charge in [0.05, 0.1) is 4.92 Å². The zero-order valence-corrected chi connectivity index (χ0v) is 16.2. The molecule has 0 atom stereocenters. The van der Waals surface area contributed by atoms with E-state index in [9.17, 15) is 19.7 Å². The van der Waals surface area contributed by atoms with Crippen LogP contribution < -0.4 is 0 Å². The fraction of sp³-hybridized carbons (Fsp3) is 0.524. The SMILES string of the molecule is O=C(OCC(=O)C12CC3CC(CC(C3)C1)C2)c1cc2cc([N+](=O)[O-])ccc2s1. The van der Waals surface area contributed by atoms with E-state index in [2.05, 4.69) is 0 Å². The lowest BCUT2D eigenvalue weighted by Gasteiger charge is -2.55. The summed E-state index contributed by atoms with van der Waals surface area (Å²) in [7, 11) is 0. The molecule has 6 rings (SSSR count). The maximum Gasteiger partial charge on any atom is 0.348 e. The Hall–Kier alpha value is -2.28. The van der Waals surface area contributed by atoms with Gasteiger partial charge in [-0.2, -0.15) is 0 Å². The van der Waals surface area contributed by atoms with Crippen molar-refractivity contribution in [2.75, 3.05) is 6.61 Å². The lowest BCUT2D eigenvalue weighted by atomic mass is 9.48. The standard InChI is InChI=1S/C21H21NO5S/c23-19(21-8-12-3-13(9-21)5-14(4-12)10-21)11-27-20(24)18-7-15-6-16(22(25)26)1-2-17(15)28-18/h1-2,6-7,12-14H,3-5,8-11H2. The predicted molar refractivity (Wildman–Crippen MR) is 104 cm³/mol. The van der Waals surface area contributed by atoms with Crippen LogP contribution in [0.1, 0.15) is 48.2 Å². The molecule has 0 spiro atoms. The van der Waals surface area contributed by atoms with Gasteiger partial charge in [-0.25, -0.2) is 4.79 Å². The molecule has 6 nitrogen and oxygen atoms in total. The third-order valence-electron chi connectivity index (χ3n) is 6.88. The molecule has 28 heavy (non-hydrogen) atoms. The summed E-state index contributed by atoms with van der Waals surface area (Å²) in [6.07, 6.45) is 6.67. The Morgan fingerprint density at radius 1 is 1.11 bits per heavy atom. The molecule has 0 N–H and O–H groups in total. The molecule has 1 aromatic carbocycles. The number of ketones is 1. The summed E-state index contributed by atoms with van der Waals surface area (Å²) >= 11 is 1.23. The summed E-state index contributed by atoms with van der Waals surface area (Å²) in [5, 5.41) is 11.5. The largest absolute Gasteiger partial charge is 0.453 e. The third-order valence-corrected chi connectivity index (χ3v) is 7.97. The van der Waals surface area contributed by atoms with Gasteiger partial charge in [0, 0.05) is 27.6 Å². The second kappa shape index (κ2) is 6.37. The van der Waals surface area contributed by atoms with Crippen molar-refractivity contribution >= 4 is 38.9 Å². The molecule has 1 heterocycles. The Morgan fingerprint density at radius 3 is 2.36 bits per heavy atom. The van der Waals surface area contributed by atoms with Crippen LogP contribution in [0.5, 0.6) is 0 Å². The molecule has 4 aliphatic rings. The molecule has 0 aliphatic heterocycles. The van der Waals surface area contributed by atoms with Crippen molar-refractivity contribution in [3.05, 3.63) is 39.3 Å². The van der Waals surface area contributed by atoms with Gasteiger partial charge < -0.3 is 4.74 Å². The van der Waals surface area contributed by atoms with Gasteiger partial charge in [0.15, 0.2) is 12.4 Å². The monoisotopic (exact) mass is 399 g/mol. The highest BCUT2D eigenvalue weighted by Gasteiger charge is 2.54. The number of benzene rings is 1. The predicted octanol–water partition coefficient (Wildman–Crippen LogP) is 4.75. The number of nitrogens with zero attached hydrogens (tertiary/aromatic N) is 1. The zero-order valence-electron chi connectivity index (χ0n) is 15.4. The molecule has 0 radical (unpaired) electrons. The quantitative estimate of drug-likeness (QED) is 0.411. The van der Waals surface area contributed by atoms with E-state index in [4.69, 9.17) is 4.74 Å².